The number of hydrogen-bond acceptors (Lipinski definition) is 4. The van der Waals surface area contributed by atoms with E-state index in [9.17, 15) is 5.11 Å². The number of nitrogens with one attached hydrogen (secondary N) is 1. The normalized spacial score (nSPS) is 13.5. The Balaban J connectivity index is 1.83. The van der Waals surface area contributed by atoms with Gasteiger partial charge in [-0.25, -0.2) is 0 Å². The molecule has 2 aromatic rings. The third-order valence-corrected chi connectivity index (χ3v) is 4.22. The van der Waals surface area contributed by atoms with Crippen LogP contribution in [0.3, 0.4) is 0 Å². The maximum Gasteiger partial charge on any atom is 0.125 e. The van der Waals surface area contributed by atoms with Crippen LogP contribution in [0.5, 0.6) is 5.75 Å². The highest BCUT2D eigenvalue weighted by Crippen LogP contribution is 2.28. The fourth-order valence-corrected chi connectivity index (χ4v) is 2.61. The van der Waals surface area contributed by atoms with Crippen LogP contribution in [0.1, 0.15) is 24.1 Å². The first kappa shape index (κ1) is 18.9. The Morgan fingerprint density at radius 1 is 1.12 bits per heavy atom. The largest absolute Gasteiger partial charge is 0.490 e. The van der Waals surface area contributed by atoms with Gasteiger partial charge in [0.15, 0.2) is 0 Å². The summed E-state index contributed by atoms with van der Waals surface area (Å²) in [7, 11) is 1.91. The maximum atomic E-state index is 10.1. The van der Waals surface area contributed by atoms with Gasteiger partial charge in [-0.05, 0) is 31.7 Å². The molecular formula is C19H24BrNO3. The minimum Gasteiger partial charge on any atom is -0.490 e. The van der Waals surface area contributed by atoms with Crippen molar-refractivity contribution in [1.82, 2.24) is 5.32 Å². The summed E-state index contributed by atoms with van der Waals surface area (Å²) < 4.78 is 12.3. The van der Waals surface area contributed by atoms with Crippen molar-refractivity contribution in [3.63, 3.8) is 0 Å². The summed E-state index contributed by atoms with van der Waals surface area (Å²) in [6.45, 7) is 2.97. The average molecular weight is 394 g/mol. The summed E-state index contributed by atoms with van der Waals surface area (Å²) in [5.41, 5.74) is 2.14. The van der Waals surface area contributed by atoms with Gasteiger partial charge in [-0.15, -0.1) is 0 Å². The Bertz CT molecular complexity index is 621. The Morgan fingerprint density at radius 2 is 1.88 bits per heavy atom. The minimum atomic E-state index is -0.676. The van der Waals surface area contributed by atoms with Gasteiger partial charge in [0.1, 0.15) is 18.5 Å². The zero-order chi connectivity index (χ0) is 17.4. The molecule has 2 atom stereocenters. The lowest BCUT2D eigenvalue weighted by Crippen LogP contribution is -2.24. The van der Waals surface area contributed by atoms with Gasteiger partial charge in [-0.2, -0.15) is 0 Å². The highest BCUT2D eigenvalue weighted by Gasteiger charge is 2.13. The van der Waals surface area contributed by atoms with E-state index in [2.05, 4.69) is 28.2 Å². The molecule has 0 radical (unpaired) electrons. The number of halogens is 1. The Morgan fingerprint density at radius 3 is 2.58 bits per heavy atom. The molecule has 0 fully saturated rings. The lowest BCUT2D eigenvalue weighted by atomic mass is 10.1. The molecule has 0 aliphatic rings. The maximum absolute atomic E-state index is 10.1. The van der Waals surface area contributed by atoms with Crippen molar-refractivity contribution in [2.24, 2.45) is 0 Å². The Hall–Kier alpha value is -1.40. The summed E-state index contributed by atoms with van der Waals surface area (Å²) >= 11 is 3.45. The predicted molar refractivity (Wildman–Crippen MR) is 99.2 cm³/mol. The molecule has 4 nitrogen and oxygen atoms in total. The van der Waals surface area contributed by atoms with Crippen LogP contribution in [0.25, 0.3) is 0 Å². The van der Waals surface area contributed by atoms with E-state index in [1.54, 1.807) is 0 Å². The van der Waals surface area contributed by atoms with Crippen LogP contribution < -0.4 is 10.1 Å². The number of ether oxygens (including phenoxy) is 2. The van der Waals surface area contributed by atoms with Gasteiger partial charge in [0.2, 0.25) is 0 Å². The number of rotatable bonds is 9. The van der Waals surface area contributed by atoms with E-state index in [4.69, 9.17) is 9.47 Å². The molecule has 0 aliphatic heterocycles. The molecule has 0 spiro atoms. The molecule has 5 heteroatoms. The SMILES string of the molecule is CNC(C)c1ccc(Br)cc1OCC(O)COCc1ccccc1. The fourth-order valence-electron chi connectivity index (χ4n) is 2.27. The van der Waals surface area contributed by atoms with Gasteiger partial charge in [-0.3, -0.25) is 0 Å². The van der Waals surface area contributed by atoms with Crippen LogP contribution in [0, 0.1) is 0 Å². The van der Waals surface area contributed by atoms with E-state index in [0.717, 1.165) is 21.3 Å². The van der Waals surface area contributed by atoms with Crippen molar-refractivity contribution in [2.75, 3.05) is 20.3 Å². The standard InChI is InChI=1S/C19H24BrNO3/c1-14(21-2)18-9-8-16(20)10-19(18)24-13-17(22)12-23-11-15-6-4-3-5-7-15/h3-10,14,17,21-22H,11-13H2,1-2H3. The lowest BCUT2D eigenvalue weighted by molar-refractivity contribution is 0.00525. The van der Waals surface area contributed by atoms with Crippen LogP contribution in [0.4, 0.5) is 0 Å². The molecule has 0 saturated carbocycles. The van der Waals surface area contributed by atoms with Gasteiger partial charge in [0, 0.05) is 16.1 Å². The topological polar surface area (TPSA) is 50.7 Å². The Labute approximate surface area is 151 Å². The van der Waals surface area contributed by atoms with Crippen LogP contribution >= 0.6 is 15.9 Å². The van der Waals surface area contributed by atoms with Crippen LogP contribution in [-0.2, 0) is 11.3 Å². The van der Waals surface area contributed by atoms with E-state index < -0.39 is 6.10 Å². The molecule has 0 saturated heterocycles. The third-order valence-electron chi connectivity index (χ3n) is 3.73. The van der Waals surface area contributed by atoms with E-state index in [1.807, 2.05) is 55.6 Å². The first-order valence-corrected chi connectivity index (χ1v) is 8.78. The van der Waals surface area contributed by atoms with Gasteiger partial charge in [0.05, 0.1) is 13.2 Å². The molecule has 0 heterocycles. The summed E-state index contributed by atoms with van der Waals surface area (Å²) in [4.78, 5) is 0. The van der Waals surface area contributed by atoms with Crippen molar-refractivity contribution in [3.05, 3.63) is 64.1 Å². The summed E-state index contributed by atoms with van der Waals surface area (Å²) in [6, 6.07) is 16.0. The molecule has 0 aromatic heterocycles. The third kappa shape index (κ3) is 5.91. The molecule has 24 heavy (non-hydrogen) atoms. The summed E-state index contributed by atoms with van der Waals surface area (Å²) in [5.74, 6) is 0.758. The lowest BCUT2D eigenvalue weighted by Gasteiger charge is -2.19. The van der Waals surface area contributed by atoms with Crippen LogP contribution in [0.2, 0.25) is 0 Å². The smallest absolute Gasteiger partial charge is 0.125 e. The molecular weight excluding hydrogens is 370 g/mol. The molecule has 0 bridgehead atoms. The van der Waals surface area contributed by atoms with E-state index in [1.165, 1.54) is 0 Å². The number of aliphatic hydroxyl groups excluding tert-OH is 1. The van der Waals surface area contributed by atoms with Crippen molar-refractivity contribution < 1.29 is 14.6 Å². The monoisotopic (exact) mass is 393 g/mol. The van der Waals surface area contributed by atoms with E-state index in [0.29, 0.717) is 6.61 Å². The zero-order valence-corrected chi connectivity index (χ0v) is 15.6. The first-order chi connectivity index (χ1) is 11.6. The second-order valence-electron chi connectivity index (χ2n) is 5.66. The molecule has 0 aliphatic carbocycles. The number of hydrogen-bond donors (Lipinski definition) is 2. The van der Waals surface area contributed by atoms with Gasteiger partial charge in [-0.1, -0.05) is 52.3 Å². The Kier molecular flexibility index (Phi) is 7.72. The molecule has 2 rings (SSSR count). The minimum absolute atomic E-state index is 0.166. The highest BCUT2D eigenvalue weighted by molar-refractivity contribution is 9.10. The molecule has 130 valence electrons. The predicted octanol–water partition coefficient (Wildman–Crippen LogP) is 3.69. The first-order valence-electron chi connectivity index (χ1n) is 7.99. The van der Waals surface area contributed by atoms with Crippen molar-refractivity contribution in [3.8, 4) is 5.75 Å². The quantitative estimate of drug-likeness (QED) is 0.681. The number of benzene rings is 2. The summed E-state index contributed by atoms with van der Waals surface area (Å²) in [5, 5.41) is 13.3. The second-order valence-corrected chi connectivity index (χ2v) is 6.57. The van der Waals surface area contributed by atoms with Crippen LogP contribution in [0.15, 0.2) is 53.0 Å². The van der Waals surface area contributed by atoms with Crippen molar-refractivity contribution in [1.29, 1.82) is 0 Å². The zero-order valence-electron chi connectivity index (χ0n) is 14.0. The van der Waals surface area contributed by atoms with Crippen LogP contribution in [-0.4, -0.2) is 31.5 Å². The number of aliphatic hydroxyl groups is 1. The van der Waals surface area contributed by atoms with Crippen molar-refractivity contribution in [2.45, 2.75) is 25.7 Å². The summed E-state index contributed by atoms with van der Waals surface area (Å²) in [6.07, 6.45) is -0.676. The fraction of sp³-hybridized carbons (Fsp3) is 0.368. The van der Waals surface area contributed by atoms with Gasteiger partial charge in [0.25, 0.3) is 0 Å². The van der Waals surface area contributed by atoms with Gasteiger partial charge >= 0.3 is 0 Å². The molecule has 2 N–H and O–H groups in total. The second kappa shape index (κ2) is 9.79. The van der Waals surface area contributed by atoms with Crippen molar-refractivity contribution >= 4 is 15.9 Å². The molecule has 2 aromatic carbocycles. The molecule has 2 unspecified atom stereocenters. The highest BCUT2D eigenvalue weighted by atomic mass is 79.9. The molecule has 0 amide bonds. The van der Waals surface area contributed by atoms with E-state index in [-0.39, 0.29) is 19.3 Å². The average Bonchev–Trinajstić information content (AvgIpc) is 2.60. The van der Waals surface area contributed by atoms with E-state index >= 15 is 0 Å². The van der Waals surface area contributed by atoms with Gasteiger partial charge < -0.3 is 19.9 Å².